The molecule has 0 aliphatic carbocycles. The molecule has 2 heterocycles. The van der Waals surface area contributed by atoms with Gasteiger partial charge in [-0.15, -0.1) is 0 Å². The van der Waals surface area contributed by atoms with E-state index in [9.17, 15) is 0 Å². The van der Waals surface area contributed by atoms with Crippen LogP contribution in [0.5, 0.6) is 0 Å². The second-order valence-corrected chi connectivity index (χ2v) is 3.24. The van der Waals surface area contributed by atoms with Crippen molar-refractivity contribution in [3.63, 3.8) is 0 Å². The fourth-order valence-corrected chi connectivity index (χ4v) is 1.29. The van der Waals surface area contributed by atoms with Crippen LogP contribution in [0.25, 0.3) is 11.3 Å². The lowest BCUT2D eigenvalue weighted by atomic mass is 10.0. The molecule has 4 nitrogen and oxygen atoms in total. The van der Waals surface area contributed by atoms with Crippen molar-refractivity contribution in [2.75, 3.05) is 0 Å². The number of rotatable bonds is 2. The van der Waals surface area contributed by atoms with Crippen molar-refractivity contribution in [3.8, 4) is 11.3 Å². The maximum Gasteiger partial charge on any atom is 0.124 e. The molecule has 13 heavy (non-hydrogen) atoms. The van der Waals surface area contributed by atoms with Crippen LogP contribution in [0.1, 0.15) is 25.5 Å². The van der Waals surface area contributed by atoms with Crippen molar-refractivity contribution >= 4 is 0 Å². The molecule has 1 N–H and O–H groups in total. The van der Waals surface area contributed by atoms with E-state index in [1.165, 1.54) is 0 Å². The van der Waals surface area contributed by atoms with Gasteiger partial charge in [0.2, 0.25) is 0 Å². The summed E-state index contributed by atoms with van der Waals surface area (Å²) < 4.78 is 4.78. The molecule has 2 aromatic rings. The Morgan fingerprint density at radius 2 is 2.31 bits per heavy atom. The summed E-state index contributed by atoms with van der Waals surface area (Å²) >= 11 is 0. The van der Waals surface area contributed by atoms with Crippen LogP contribution in [0.2, 0.25) is 0 Å². The van der Waals surface area contributed by atoms with Crippen LogP contribution < -0.4 is 0 Å². The second kappa shape index (κ2) is 3.05. The Morgan fingerprint density at radius 3 is 2.92 bits per heavy atom. The number of aromatic nitrogens is 3. The lowest BCUT2D eigenvalue weighted by molar-refractivity contribution is 0.422. The summed E-state index contributed by atoms with van der Waals surface area (Å²) in [5.41, 5.74) is 2.94. The molecule has 0 atom stereocenters. The lowest BCUT2D eigenvalue weighted by Gasteiger charge is -2.02. The molecule has 0 radical (unpaired) electrons. The summed E-state index contributed by atoms with van der Waals surface area (Å²) in [7, 11) is 0. The number of nitrogens with one attached hydrogen (secondary N) is 1. The van der Waals surface area contributed by atoms with E-state index >= 15 is 0 Å². The first-order chi connectivity index (χ1) is 6.29. The molecule has 0 amide bonds. The quantitative estimate of drug-likeness (QED) is 0.764. The van der Waals surface area contributed by atoms with Gasteiger partial charge in [0.1, 0.15) is 12.0 Å². The van der Waals surface area contributed by atoms with Gasteiger partial charge in [0.15, 0.2) is 0 Å². The van der Waals surface area contributed by atoms with E-state index in [0.29, 0.717) is 5.92 Å². The Labute approximate surface area is 75.9 Å². The third-order valence-corrected chi connectivity index (χ3v) is 1.96. The Morgan fingerprint density at radius 1 is 1.46 bits per heavy atom. The zero-order chi connectivity index (χ0) is 9.26. The highest BCUT2D eigenvalue weighted by molar-refractivity contribution is 5.60. The highest BCUT2D eigenvalue weighted by Gasteiger charge is 2.12. The van der Waals surface area contributed by atoms with Crippen molar-refractivity contribution in [2.45, 2.75) is 19.8 Å². The molecule has 68 valence electrons. The fourth-order valence-electron chi connectivity index (χ4n) is 1.29. The molecular formula is C9H11N3O. The van der Waals surface area contributed by atoms with E-state index in [-0.39, 0.29) is 0 Å². The Kier molecular flexibility index (Phi) is 1.88. The highest BCUT2D eigenvalue weighted by atomic mass is 16.5. The van der Waals surface area contributed by atoms with Crippen LogP contribution in [0, 0.1) is 0 Å². The van der Waals surface area contributed by atoms with Gasteiger partial charge in [-0.3, -0.25) is 5.10 Å². The minimum Gasteiger partial charge on any atom is -0.364 e. The van der Waals surface area contributed by atoms with Gasteiger partial charge in [-0.2, -0.15) is 5.10 Å². The Hall–Kier alpha value is -1.58. The first-order valence-electron chi connectivity index (χ1n) is 4.23. The minimum absolute atomic E-state index is 0.411. The maximum atomic E-state index is 4.78. The van der Waals surface area contributed by atoms with Crippen LogP contribution in [0.3, 0.4) is 0 Å². The maximum absolute atomic E-state index is 4.78. The Balaban J connectivity index is 2.46. The number of hydrogen-bond acceptors (Lipinski definition) is 3. The SMILES string of the molecule is CC(C)c1[nH]ncc1-c1ccon1. The van der Waals surface area contributed by atoms with Gasteiger partial charge in [-0.25, -0.2) is 0 Å². The van der Waals surface area contributed by atoms with E-state index < -0.39 is 0 Å². The van der Waals surface area contributed by atoms with Gasteiger partial charge >= 0.3 is 0 Å². The molecule has 4 heteroatoms. The summed E-state index contributed by atoms with van der Waals surface area (Å²) in [6, 6.07) is 1.83. The molecule has 0 spiro atoms. The first-order valence-corrected chi connectivity index (χ1v) is 4.23. The molecule has 0 fully saturated rings. The number of nitrogens with zero attached hydrogens (tertiary/aromatic N) is 2. The van der Waals surface area contributed by atoms with Crippen LogP contribution in [0.15, 0.2) is 23.0 Å². The average molecular weight is 177 g/mol. The van der Waals surface area contributed by atoms with Gasteiger partial charge in [-0.1, -0.05) is 19.0 Å². The third kappa shape index (κ3) is 1.35. The lowest BCUT2D eigenvalue weighted by Crippen LogP contribution is -1.90. The van der Waals surface area contributed by atoms with Gasteiger partial charge in [0, 0.05) is 17.3 Å². The molecule has 0 bridgehead atoms. The molecule has 0 aliphatic rings. The molecule has 0 unspecified atom stereocenters. The van der Waals surface area contributed by atoms with Crippen LogP contribution in [-0.2, 0) is 0 Å². The molecule has 0 saturated carbocycles. The molecule has 2 rings (SSSR count). The highest BCUT2D eigenvalue weighted by Crippen LogP contribution is 2.25. The first kappa shape index (κ1) is 8.04. The standard InChI is InChI=1S/C9H11N3O/c1-6(2)9-7(5-10-11-9)8-3-4-13-12-8/h3-6H,1-2H3,(H,10,11). The van der Waals surface area contributed by atoms with Crippen molar-refractivity contribution in [2.24, 2.45) is 0 Å². The zero-order valence-electron chi connectivity index (χ0n) is 7.61. The van der Waals surface area contributed by atoms with Gasteiger partial charge in [0.05, 0.1) is 6.20 Å². The van der Waals surface area contributed by atoms with Crippen LogP contribution in [-0.4, -0.2) is 15.4 Å². The van der Waals surface area contributed by atoms with Crippen molar-refractivity contribution in [1.82, 2.24) is 15.4 Å². The van der Waals surface area contributed by atoms with Crippen LogP contribution >= 0.6 is 0 Å². The largest absolute Gasteiger partial charge is 0.364 e. The smallest absolute Gasteiger partial charge is 0.124 e. The van der Waals surface area contributed by atoms with Crippen molar-refractivity contribution < 1.29 is 4.52 Å². The van der Waals surface area contributed by atoms with E-state index in [1.807, 2.05) is 6.07 Å². The predicted octanol–water partition coefficient (Wildman–Crippen LogP) is 2.19. The summed E-state index contributed by atoms with van der Waals surface area (Å²) in [5, 5.41) is 10.8. The van der Waals surface area contributed by atoms with Gasteiger partial charge < -0.3 is 4.52 Å². The second-order valence-electron chi connectivity index (χ2n) is 3.24. The van der Waals surface area contributed by atoms with E-state index in [1.54, 1.807) is 12.5 Å². The van der Waals surface area contributed by atoms with E-state index in [2.05, 4.69) is 29.2 Å². The summed E-state index contributed by atoms with van der Waals surface area (Å²) in [6.07, 6.45) is 3.33. The molecule has 0 aromatic carbocycles. The molecule has 0 saturated heterocycles. The summed E-state index contributed by atoms with van der Waals surface area (Å²) in [5.74, 6) is 0.411. The third-order valence-electron chi connectivity index (χ3n) is 1.96. The van der Waals surface area contributed by atoms with Crippen molar-refractivity contribution in [1.29, 1.82) is 0 Å². The van der Waals surface area contributed by atoms with Crippen LogP contribution in [0.4, 0.5) is 0 Å². The Bertz CT molecular complexity index is 375. The van der Waals surface area contributed by atoms with Gasteiger partial charge in [-0.05, 0) is 5.92 Å². The fraction of sp³-hybridized carbons (Fsp3) is 0.333. The van der Waals surface area contributed by atoms with E-state index in [4.69, 9.17) is 4.52 Å². The zero-order valence-corrected chi connectivity index (χ0v) is 7.61. The number of H-pyrrole nitrogens is 1. The normalized spacial score (nSPS) is 11.0. The van der Waals surface area contributed by atoms with Crippen molar-refractivity contribution in [3.05, 3.63) is 24.2 Å². The number of hydrogen-bond donors (Lipinski definition) is 1. The molecular weight excluding hydrogens is 166 g/mol. The topological polar surface area (TPSA) is 54.7 Å². The summed E-state index contributed by atoms with van der Waals surface area (Å²) in [6.45, 7) is 4.22. The van der Waals surface area contributed by atoms with E-state index in [0.717, 1.165) is 17.0 Å². The predicted molar refractivity (Wildman–Crippen MR) is 48.2 cm³/mol. The average Bonchev–Trinajstić information content (AvgIpc) is 2.74. The number of aromatic amines is 1. The molecule has 0 aliphatic heterocycles. The summed E-state index contributed by atoms with van der Waals surface area (Å²) in [4.78, 5) is 0. The molecule has 2 aromatic heterocycles. The van der Waals surface area contributed by atoms with Gasteiger partial charge in [0.25, 0.3) is 0 Å². The monoisotopic (exact) mass is 177 g/mol. The minimum atomic E-state index is 0.411.